The van der Waals surface area contributed by atoms with Crippen molar-refractivity contribution >= 4 is 38.7 Å². The fourth-order valence-corrected chi connectivity index (χ4v) is 4.37. The zero-order valence-electron chi connectivity index (χ0n) is 17.5. The number of para-hydroxylation sites is 2. The van der Waals surface area contributed by atoms with E-state index in [1.807, 2.05) is 13.0 Å². The topological polar surface area (TPSA) is 130 Å². The van der Waals surface area contributed by atoms with Crippen LogP contribution < -0.4 is 15.4 Å². The van der Waals surface area contributed by atoms with Gasteiger partial charge in [-0.3, -0.25) is 19.6 Å². The third-order valence-corrected chi connectivity index (χ3v) is 6.10. The molecule has 0 atom stereocenters. The average Bonchev–Trinajstić information content (AvgIpc) is 2.73. The van der Waals surface area contributed by atoms with Crippen molar-refractivity contribution in [2.75, 3.05) is 21.9 Å². The Labute approximate surface area is 185 Å². The van der Waals surface area contributed by atoms with Crippen LogP contribution in [0.25, 0.3) is 0 Å². The van der Waals surface area contributed by atoms with Gasteiger partial charge in [0.15, 0.2) is 0 Å². The van der Waals surface area contributed by atoms with E-state index in [2.05, 4.69) is 15.4 Å². The van der Waals surface area contributed by atoms with Gasteiger partial charge in [0.25, 0.3) is 15.7 Å². The zero-order valence-corrected chi connectivity index (χ0v) is 18.3. The Balaban J connectivity index is 1.73. The Morgan fingerprint density at radius 3 is 2.44 bits per heavy atom. The highest BCUT2D eigenvalue weighted by atomic mass is 32.2. The van der Waals surface area contributed by atoms with Gasteiger partial charge in [0.05, 0.1) is 16.4 Å². The lowest BCUT2D eigenvalue weighted by Crippen LogP contribution is -2.22. The van der Waals surface area contributed by atoms with Gasteiger partial charge < -0.3 is 10.6 Å². The number of carbonyl (C=O) groups is 1. The van der Waals surface area contributed by atoms with Crippen LogP contribution in [0.2, 0.25) is 0 Å². The zero-order chi connectivity index (χ0) is 23.3. The maximum Gasteiger partial charge on any atom is 0.292 e. The molecule has 3 aromatic rings. The summed E-state index contributed by atoms with van der Waals surface area (Å²) in [5.41, 5.74) is 2.21. The number of benzene rings is 3. The first-order valence-electron chi connectivity index (χ1n) is 9.63. The Morgan fingerprint density at radius 1 is 0.969 bits per heavy atom. The fourth-order valence-electron chi connectivity index (χ4n) is 3.05. The number of aryl methyl sites for hydroxylation is 2. The first kappa shape index (κ1) is 22.8. The van der Waals surface area contributed by atoms with Crippen molar-refractivity contribution in [2.45, 2.75) is 18.7 Å². The maximum atomic E-state index is 12.9. The smallest absolute Gasteiger partial charge is 0.292 e. The number of hydrogen-bond acceptors (Lipinski definition) is 6. The van der Waals surface area contributed by atoms with Crippen LogP contribution in [0.15, 0.2) is 71.6 Å². The number of nitro benzene ring substituents is 1. The van der Waals surface area contributed by atoms with E-state index in [0.29, 0.717) is 11.3 Å². The second kappa shape index (κ2) is 9.48. The summed E-state index contributed by atoms with van der Waals surface area (Å²) < 4.78 is 28.3. The molecule has 0 spiro atoms. The Morgan fingerprint density at radius 2 is 1.72 bits per heavy atom. The summed E-state index contributed by atoms with van der Waals surface area (Å²) in [5.74, 6) is -0.484. The molecule has 0 saturated carbocycles. The van der Waals surface area contributed by atoms with E-state index in [1.54, 1.807) is 43.3 Å². The first-order valence-corrected chi connectivity index (χ1v) is 11.1. The summed E-state index contributed by atoms with van der Waals surface area (Å²) in [6.45, 7) is 3.28. The number of carbonyl (C=O) groups excluding carboxylic acids is 1. The molecule has 3 rings (SSSR count). The molecule has 9 nitrogen and oxygen atoms in total. The number of anilines is 3. The predicted molar refractivity (Wildman–Crippen MR) is 123 cm³/mol. The molecule has 0 aliphatic carbocycles. The van der Waals surface area contributed by atoms with Crippen molar-refractivity contribution in [1.82, 2.24) is 0 Å². The molecular weight excluding hydrogens is 432 g/mol. The third-order valence-electron chi connectivity index (χ3n) is 4.57. The van der Waals surface area contributed by atoms with E-state index in [-0.39, 0.29) is 28.5 Å². The molecule has 3 aromatic carbocycles. The van der Waals surface area contributed by atoms with Gasteiger partial charge in [-0.15, -0.1) is 0 Å². The standard InChI is InChI=1S/C22H22N4O5S/c1-15-6-5-7-18(12-15)25-32(30,31)21-13-17(11-10-16(21)2)24-22(27)14-23-19-8-3-4-9-20(19)26(28)29/h3-13,23,25H,14H2,1-2H3,(H,24,27). The molecule has 10 heteroatoms. The van der Waals surface area contributed by atoms with E-state index in [4.69, 9.17) is 0 Å². The van der Waals surface area contributed by atoms with Gasteiger partial charge >= 0.3 is 0 Å². The van der Waals surface area contributed by atoms with E-state index in [9.17, 15) is 23.3 Å². The molecular formula is C22H22N4O5S. The number of nitrogens with one attached hydrogen (secondary N) is 3. The molecule has 1 amide bonds. The quantitative estimate of drug-likeness (QED) is 0.347. The van der Waals surface area contributed by atoms with Crippen molar-refractivity contribution in [3.8, 4) is 0 Å². The minimum atomic E-state index is -3.88. The predicted octanol–water partition coefficient (Wildman–Crippen LogP) is 4.06. The van der Waals surface area contributed by atoms with Crippen molar-refractivity contribution < 1.29 is 18.1 Å². The first-order chi connectivity index (χ1) is 15.2. The number of amides is 1. The summed E-state index contributed by atoms with van der Waals surface area (Å²) in [6.07, 6.45) is 0. The number of sulfonamides is 1. The summed E-state index contributed by atoms with van der Waals surface area (Å²) in [7, 11) is -3.88. The minimum Gasteiger partial charge on any atom is -0.371 e. The van der Waals surface area contributed by atoms with Gasteiger partial charge in [0, 0.05) is 17.4 Å². The molecule has 0 unspecified atom stereocenters. The van der Waals surface area contributed by atoms with Crippen molar-refractivity contribution in [3.63, 3.8) is 0 Å². The second-order valence-corrected chi connectivity index (χ2v) is 8.78. The largest absolute Gasteiger partial charge is 0.371 e. The SMILES string of the molecule is Cc1cccc(NS(=O)(=O)c2cc(NC(=O)CNc3ccccc3[N+](=O)[O-])ccc2C)c1. The van der Waals surface area contributed by atoms with Crippen molar-refractivity contribution in [3.05, 3.63) is 88.0 Å². The Hall–Kier alpha value is -3.92. The summed E-state index contributed by atoms with van der Waals surface area (Å²) in [5, 5.41) is 16.4. The molecule has 32 heavy (non-hydrogen) atoms. The van der Waals surface area contributed by atoms with Gasteiger partial charge in [-0.05, 0) is 55.3 Å². The van der Waals surface area contributed by atoms with Crippen LogP contribution in [0.4, 0.5) is 22.7 Å². The van der Waals surface area contributed by atoms with Gasteiger partial charge in [-0.1, -0.05) is 30.3 Å². The molecule has 0 heterocycles. The van der Waals surface area contributed by atoms with Crippen LogP contribution in [-0.4, -0.2) is 25.8 Å². The van der Waals surface area contributed by atoms with E-state index in [0.717, 1.165) is 5.56 Å². The van der Waals surface area contributed by atoms with Crippen LogP contribution in [0.3, 0.4) is 0 Å². The molecule has 0 aromatic heterocycles. The lowest BCUT2D eigenvalue weighted by atomic mass is 10.2. The number of nitro groups is 1. The van der Waals surface area contributed by atoms with E-state index >= 15 is 0 Å². The van der Waals surface area contributed by atoms with Crippen LogP contribution >= 0.6 is 0 Å². The maximum absolute atomic E-state index is 12.9. The highest BCUT2D eigenvalue weighted by molar-refractivity contribution is 7.92. The lowest BCUT2D eigenvalue weighted by Gasteiger charge is -2.13. The number of nitrogens with zero attached hydrogens (tertiary/aromatic N) is 1. The average molecular weight is 455 g/mol. The summed E-state index contributed by atoms with van der Waals surface area (Å²) >= 11 is 0. The summed E-state index contributed by atoms with van der Waals surface area (Å²) in [6, 6.07) is 17.5. The monoisotopic (exact) mass is 454 g/mol. The molecule has 166 valence electrons. The molecule has 3 N–H and O–H groups in total. The van der Waals surface area contributed by atoms with Gasteiger partial charge in [-0.2, -0.15) is 0 Å². The van der Waals surface area contributed by atoms with Crippen molar-refractivity contribution in [2.24, 2.45) is 0 Å². The van der Waals surface area contributed by atoms with Gasteiger partial charge in [-0.25, -0.2) is 8.42 Å². The molecule has 0 fully saturated rings. The van der Waals surface area contributed by atoms with Gasteiger partial charge in [0.2, 0.25) is 5.91 Å². The number of hydrogen-bond donors (Lipinski definition) is 3. The van der Waals surface area contributed by atoms with Gasteiger partial charge in [0.1, 0.15) is 5.69 Å². The third kappa shape index (κ3) is 5.61. The van der Waals surface area contributed by atoms with Crippen LogP contribution in [-0.2, 0) is 14.8 Å². The van der Waals surface area contributed by atoms with Crippen LogP contribution in [0.5, 0.6) is 0 Å². The Bertz CT molecular complexity index is 1270. The Kier molecular flexibility index (Phi) is 6.74. The molecule has 0 bridgehead atoms. The minimum absolute atomic E-state index is 0.0310. The highest BCUT2D eigenvalue weighted by Crippen LogP contribution is 2.24. The fraction of sp³-hybridized carbons (Fsp3) is 0.136. The highest BCUT2D eigenvalue weighted by Gasteiger charge is 2.19. The second-order valence-electron chi connectivity index (χ2n) is 7.13. The molecule has 0 saturated heterocycles. The van der Waals surface area contributed by atoms with Crippen LogP contribution in [0, 0.1) is 24.0 Å². The molecule has 0 aliphatic heterocycles. The molecule has 0 radical (unpaired) electrons. The lowest BCUT2D eigenvalue weighted by molar-refractivity contribution is -0.383. The molecule has 0 aliphatic rings. The van der Waals surface area contributed by atoms with Crippen LogP contribution in [0.1, 0.15) is 11.1 Å². The van der Waals surface area contributed by atoms with Crippen molar-refractivity contribution in [1.29, 1.82) is 0 Å². The van der Waals surface area contributed by atoms with E-state index < -0.39 is 20.9 Å². The summed E-state index contributed by atoms with van der Waals surface area (Å²) in [4.78, 5) is 22.9. The number of rotatable bonds is 8. The van der Waals surface area contributed by atoms with E-state index in [1.165, 1.54) is 24.3 Å². The normalized spacial score (nSPS) is 10.9.